The molecule has 0 saturated carbocycles. The molecule has 0 bridgehead atoms. The fourth-order valence-corrected chi connectivity index (χ4v) is 3.15. The molecule has 3 heterocycles. The highest BCUT2D eigenvalue weighted by Crippen LogP contribution is 2.26. The summed E-state index contributed by atoms with van der Waals surface area (Å²) in [6.45, 7) is 4.44. The zero-order chi connectivity index (χ0) is 13.2. The van der Waals surface area contributed by atoms with Crippen LogP contribution < -0.4 is 5.32 Å². The van der Waals surface area contributed by atoms with E-state index in [1.54, 1.807) is 6.92 Å². The number of amides is 1. The highest BCUT2D eigenvalue weighted by molar-refractivity contribution is 5.90. The van der Waals surface area contributed by atoms with Gasteiger partial charge in [-0.2, -0.15) is 4.98 Å². The molecule has 6 nitrogen and oxygen atoms in total. The number of aromatic nitrogens is 2. The SMILES string of the molecule is Cc1nc(C(=O)N2CCC(C3CCCN3)CC2)no1. The van der Waals surface area contributed by atoms with Gasteiger partial charge in [0.25, 0.3) is 11.7 Å². The van der Waals surface area contributed by atoms with E-state index in [-0.39, 0.29) is 11.7 Å². The number of hydrogen-bond acceptors (Lipinski definition) is 5. The van der Waals surface area contributed by atoms with Gasteiger partial charge in [-0.25, -0.2) is 0 Å². The Morgan fingerprint density at radius 2 is 2.16 bits per heavy atom. The molecular formula is C13H20N4O2. The molecule has 2 fully saturated rings. The average molecular weight is 264 g/mol. The number of hydrogen-bond donors (Lipinski definition) is 1. The van der Waals surface area contributed by atoms with Crippen LogP contribution in [0.5, 0.6) is 0 Å². The number of nitrogens with one attached hydrogen (secondary N) is 1. The minimum atomic E-state index is -0.102. The van der Waals surface area contributed by atoms with Crippen LogP contribution in [-0.4, -0.2) is 46.6 Å². The molecule has 2 aliphatic heterocycles. The van der Waals surface area contributed by atoms with Gasteiger partial charge in [-0.1, -0.05) is 5.16 Å². The van der Waals surface area contributed by atoms with Crippen LogP contribution >= 0.6 is 0 Å². The van der Waals surface area contributed by atoms with Gasteiger partial charge in [0, 0.05) is 26.1 Å². The van der Waals surface area contributed by atoms with Crippen LogP contribution in [0.2, 0.25) is 0 Å². The van der Waals surface area contributed by atoms with Crippen LogP contribution in [0.15, 0.2) is 4.52 Å². The van der Waals surface area contributed by atoms with Gasteiger partial charge in [0.2, 0.25) is 5.89 Å². The van der Waals surface area contributed by atoms with E-state index < -0.39 is 0 Å². The Hall–Kier alpha value is -1.43. The molecule has 104 valence electrons. The van der Waals surface area contributed by atoms with E-state index in [4.69, 9.17) is 4.52 Å². The summed E-state index contributed by atoms with van der Waals surface area (Å²) in [6.07, 6.45) is 4.70. The first-order valence-corrected chi connectivity index (χ1v) is 7.07. The van der Waals surface area contributed by atoms with E-state index in [1.165, 1.54) is 12.8 Å². The van der Waals surface area contributed by atoms with E-state index in [9.17, 15) is 4.79 Å². The molecule has 0 aliphatic carbocycles. The molecule has 1 N–H and O–H groups in total. The second-order valence-corrected chi connectivity index (χ2v) is 5.47. The van der Waals surface area contributed by atoms with Crippen LogP contribution in [0.25, 0.3) is 0 Å². The van der Waals surface area contributed by atoms with Crippen molar-refractivity contribution in [2.75, 3.05) is 19.6 Å². The molecule has 0 spiro atoms. The van der Waals surface area contributed by atoms with Gasteiger partial charge in [-0.3, -0.25) is 4.79 Å². The fraction of sp³-hybridized carbons (Fsp3) is 0.769. The normalized spacial score (nSPS) is 24.9. The Balaban J connectivity index is 1.56. The summed E-state index contributed by atoms with van der Waals surface area (Å²) < 4.78 is 4.86. The fourth-order valence-electron chi connectivity index (χ4n) is 3.15. The molecule has 19 heavy (non-hydrogen) atoms. The second kappa shape index (κ2) is 5.28. The van der Waals surface area contributed by atoms with Crippen molar-refractivity contribution in [3.63, 3.8) is 0 Å². The molecule has 6 heteroatoms. The van der Waals surface area contributed by atoms with Crippen molar-refractivity contribution >= 4 is 5.91 Å². The summed E-state index contributed by atoms with van der Waals surface area (Å²) in [6, 6.07) is 0.657. The molecule has 0 radical (unpaired) electrons. The maximum absolute atomic E-state index is 12.2. The third kappa shape index (κ3) is 2.63. The predicted molar refractivity (Wildman–Crippen MR) is 68.7 cm³/mol. The van der Waals surface area contributed by atoms with Gasteiger partial charge >= 0.3 is 0 Å². The lowest BCUT2D eigenvalue weighted by Gasteiger charge is -2.34. The van der Waals surface area contributed by atoms with Crippen LogP contribution in [0.1, 0.15) is 42.2 Å². The molecule has 1 unspecified atom stereocenters. The summed E-state index contributed by atoms with van der Waals surface area (Å²) in [5.74, 6) is 1.23. The van der Waals surface area contributed by atoms with Gasteiger partial charge in [-0.15, -0.1) is 0 Å². The molecule has 1 atom stereocenters. The lowest BCUT2D eigenvalue weighted by atomic mass is 9.88. The number of carbonyl (C=O) groups excluding carboxylic acids is 1. The monoisotopic (exact) mass is 264 g/mol. The first-order valence-electron chi connectivity index (χ1n) is 7.07. The van der Waals surface area contributed by atoms with E-state index in [2.05, 4.69) is 15.5 Å². The van der Waals surface area contributed by atoms with Crippen LogP contribution in [0.4, 0.5) is 0 Å². The maximum Gasteiger partial charge on any atom is 0.295 e. The van der Waals surface area contributed by atoms with E-state index in [1.807, 2.05) is 4.90 Å². The third-order valence-corrected chi connectivity index (χ3v) is 4.21. The summed E-state index contributed by atoms with van der Waals surface area (Å²) in [5.41, 5.74) is 0. The number of piperidine rings is 1. The quantitative estimate of drug-likeness (QED) is 0.862. The van der Waals surface area contributed by atoms with Gasteiger partial charge < -0.3 is 14.7 Å². The van der Waals surface area contributed by atoms with Crippen LogP contribution in [0.3, 0.4) is 0 Å². The van der Waals surface area contributed by atoms with Crippen molar-refractivity contribution in [1.82, 2.24) is 20.4 Å². The number of nitrogens with zero attached hydrogens (tertiary/aromatic N) is 3. The number of aryl methyl sites for hydroxylation is 1. The predicted octanol–water partition coefficient (Wildman–Crippen LogP) is 0.982. The topological polar surface area (TPSA) is 71.3 Å². The number of likely N-dealkylation sites (tertiary alicyclic amines) is 1. The Bertz CT molecular complexity index is 445. The highest BCUT2D eigenvalue weighted by atomic mass is 16.5. The maximum atomic E-state index is 12.2. The minimum absolute atomic E-state index is 0.102. The van der Waals surface area contributed by atoms with Crippen LogP contribution in [-0.2, 0) is 0 Å². The third-order valence-electron chi connectivity index (χ3n) is 4.21. The van der Waals surface area contributed by atoms with Gasteiger partial charge in [-0.05, 0) is 38.1 Å². The van der Waals surface area contributed by atoms with Crippen molar-refractivity contribution in [1.29, 1.82) is 0 Å². The standard InChI is InChI=1S/C13H20N4O2/c1-9-15-12(16-19-9)13(18)17-7-4-10(5-8-17)11-3-2-6-14-11/h10-11,14H,2-8H2,1H3. The smallest absolute Gasteiger partial charge is 0.295 e. The molecular weight excluding hydrogens is 244 g/mol. The Labute approximate surface area is 112 Å². The summed E-state index contributed by atoms with van der Waals surface area (Å²) in [4.78, 5) is 18.0. The van der Waals surface area contributed by atoms with Gasteiger partial charge in [0.15, 0.2) is 0 Å². The van der Waals surface area contributed by atoms with Gasteiger partial charge in [0.05, 0.1) is 0 Å². The first-order chi connectivity index (χ1) is 9.24. The summed E-state index contributed by atoms with van der Waals surface area (Å²) >= 11 is 0. The largest absolute Gasteiger partial charge is 0.339 e. The van der Waals surface area contributed by atoms with Crippen molar-refractivity contribution in [2.45, 2.75) is 38.6 Å². The number of carbonyl (C=O) groups is 1. The molecule has 1 amide bonds. The van der Waals surface area contributed by atoms with Gasteiger partial charge in [0.1, 0.15) is 0 Å². The molecule has 0 aromatic carbocycles. The zero-order valence-corrected chi connectivity index (χ0v) is 11.3. The molecule has 1 aromatic rings. The summed E-state index contributed by atoms with van der Waals surface area (Å²) in [7, 11) is 0. The van der Waals surface area contributed by atoms with Crippen molar-refractivity contribution < 1.29 is 9.32 Å². The lowest BCUT2D eigenvalue weighted by Crippen LogP contribution is -2.43. The van der Waals surface area contributed by atoms with E-state index in [0.29, 0.717) is 17.9 Å². The molecule has 2 saturated heterocycles. The lowest BCUT2D eigenvalue weighted by molar-refractivity contribution is 0.0659. The first kappa shape index (κ1) is 12.6. The molecule has 3 rings (SSSR count). The van der Waals surface area contributed by atoms with E-state index >= 15 is 0 Å². The molecule has 1 aromatic heterocycles. The Morgan fingerprint density at radius 1 is 1.37 bits per heavy atom. The van der Waals surface area contributed by atoms with Crippen molar-refractivity contribution in [3.8, 4) is 0 Å². The highest BCUT2D eigenvalue weighted by Gasteiger charge is 2.31. The average Bonchev–Trinajstić information content (AvgIpc) is 3.09. The minimum Gasteiger partial charge on any atom is -0.339 e. The number of rotatable bonds is 2. The molecule has 2 aliphatic rings. The Kier molecular flexibility index (Phi) is 3.50. The van der Waals surface area contributed by atoms with Crippen molar-refractivity contribution in [2.24, 2.45) is 5.92 Å². The Morgan fingerprint density at radius 3 is 2.74 bits per heavy atom. The zero-order valence-electron chi connectivity index (χ0n) is 11.3. The summed E-state index contributed by atoms with van der Waals surface area (Å²) in [5, 5.41) is 7.26. The van der Waals surface area contributed by atoms with Crippen LogP contribution in [0, 0.1) is 12.8 Å². The van der Waals surface area contributed by atoms with Crippen molar-refractivity contribution in [3.05, 3.63) is 11.7 Å². The second-order valence-electron chi connectivity index (χ2n) is 5.47. The van der Waals surface area contributed by atoms with E-state index in [0.717, 1.165) is 32.5 Å².